The molecule has 0 atom stereocenters. The summed E-state index contributed by atoms with van der Waals surface area (Å²) in [6.45, 7) is 0. The zero-order valence-corrected chi connectivity index (χ0v) is 9.62. The van der Waals surface area contributed by atoms with Crippen molar-refractivity contribution in [2.45, 2.75) is 6.42 Å². The Hall–Kier alpha value is -0.560. The molecule has 0 aliphatic carbocycles. The zero-order valence-electron chi connectivity index (χ0n) is 6.64. The van der Waals surface area contributed by atoms with Crippen LogP contribution in [0.15, 0.2) is 24.5 Å². The van der Waals surface area contributed by atoms with Crippen molar-refractivity contribution < 1.29 is 0 Å². The summed E-state index contributed by atoms with van der Waals surface area (Å²) in [6, 6.07) is 3.97. The van der Waals surface area contributed by atoms with Crippen LogP contribution in [0.2, 0.25) is 0 Å². The van der Waals surface area contributed by atoms with Crippen LogP contribution in [-0.2, 0) is 6.42 Å². The van der Waals surface area contributed by atoms with E-state index < -0.39 is 0 Å². The number of rotatable bonds is 2. The van der Waals surface area contributed by atoms with E-state index in [1.807, 2.05) is 18.3 Å². The van der Waals surface area contributed by atoms with Gasteiger partial charge in [0.25, 0.3) is 0 Å². The molecule has 5 heteroatoms. The molecule has 0 aliphatic heterocycles. The fourth-order valence-electron chi connectivity index (χ4n) is 0.982. The summed E-state index contributed by atoms with van der Waals surface area (Å²) in [5, 5.41) is 9.03. The maximum atomic E-state index is 4.04. The minimum absolute atomic E-state index is 0.828. The van der Waals surface area contributed by atoms with Crippen LogP contribution in [0.5, 0.6) is 0 Å². The molecule has 0 unspecified atom stereocenters. The SMILES string of the molecule is Ic1nnc(Cc2cccnc2)s1. The lowest BCUT2D eigenvalue weighted by molar-refractivity contribution is 0.987. The van der Waals surface area contributed by atoms with E-state index >= 15 is 0 Å². The van der Waals surface area contributed by atoms with Gasteiger partial charge in [-0.3, -0.25) is 4.98 Å². The number of hydrogen-bond acceptors (Lipinski definition) is 4. The van der Waals surface area contributed by atoms with Gasteiger partial charge in [0.2, 0.25) is 0 Å². The van der Waals surface area contributed by atoms with E-state index in [2.05, 4.69) is 37.8 Å². The third-order valence-corrected chi connectivity index (χ3v) is 3.11. The van der Waals surface area contributed by atoms with Gasteiger partial charge in [-0.05, 0) is 34.2 Å². The van der Waals surface area contributed by atoms with E-state index in [1.165, 1.54) is 5.56 Å². The van der Waals surface area contributed by atoms with E-state index in [-0.39, 0.29) is 0 Å². The first kappa shape index (κ1) is 9.01. The number of aromatic nitrogens is 3. The van der Waals surface area contributed by atoms with Crippen LogP contribution in [0.25, 0.3) is 0 Å². The van der Waals surface area contributed by atoms with Gasteiger partial charge >= 0.3 is 0 Å². The molecule has 0 saturated heterocycles. The Kier molecular flexibility index (Phi) is 2.84. The topological polar surface area (TPSA) is 38.7 Å². The smallest absolute Gasteiger partial charge is 0.178 e. The van der Waals surface area contributed by atoms with E-state index in [0.717, 1.165) is 14.4 Å². The van der Waals surface area contributed by atoms with Gasteiger partial charge in [0.15, 0.2) is 3.01 Å². The Morgan fingerprint density at radius 2 is 2.31 bits per heavy atom. The van der Waals surface area contributed by atoms with Gasteiger partial charge in [-0.1, -0.05) is 17.4 Å². The highest BCUT2D eigenvalue weighted by Crippen LogP contribution is 2.14. The van der Waals surface area contributed by atoms with Gasteiger partial charge in [-0.2, -0.15) is 0 Å². The van der Waals surface area contributed by atoms with Gasteiger partial charge in [-0.15, -0.1) is 10.2 Å². The molecule has 0 spiro atoms. The Morgan fingerprint density at radius 1 is 1.38 bits per heavy atom. The van der Waals surface area contributed by atoms with Crippen molar-refractivity contribution in [1.29, 1.82) is 0 Å². The Bertz CT molecular complexity index is 387. The van der Waals surface area contributed by atoms with Crippen molar-refractivity contribution in [3.63, 3.8) is 0 Å². The van der Waals surface area contributed by atoms with Crippen LogP contribution in [0.3, 0.4) is 0 Å². The molecule has 0 aliphatic rings. The summed E-state index contributed by atoms with van der Waals surface area (Å²) in [5.74, 6) is 0. The second-order valence-corrected chi connectivity index (χ2v) is 5.30. The van der Waals surface area contributed by atoms with Gasteiger partial charge in [-0.25, -0.2) is 0 Å². The van der Waals surface area contributed by atoms with Crippen LogP contribution in [-0.4, -0.2) is 15.2 Å². The van der Waals surface area contributed by atoms with Gasteiger partial charge in [0.1, 0.15) is 5.01 Å². The molecule has 0 radical (unpaired) electrons. The second kappa shape index (κ2) is 4.10. The minimum Gasteiger partial charge on any atom is -0.264 e. The Labute approximate surface area is 93.4 Å². The van der Waals surface area contributed by atoms with Crippen LogP contribution in [0.4, 0.5) is 0 Å². The third kappa shape index (κ3) is 2.44. The van der Waals surface area contributed by atoms with Crippen molar-refractivity contribution in [2.24, 2.45) is 0 Å². The summed E-state index contributed by atoms with van der Waals surface area (Å²) in [5.41, 5.74) is 1.18. The molecule has 0 aromatic carbocycles. The predicted octanol–water partition coefficient (Wildman–Crippen LogP) is 2.13. The first-order chi connectivity index (χ1) is 6.34. The molecule has 0 bridgehead atoms. The normalized spacial score (nSPS) is 10.2. The summed E-state index contributed by atoms with van der Waals surface area (Å²) in [7, 11) is 0. The highest BCUT2D eigenvalue weighted by atomic mass is 127. The highest BCUT2D eigenvalue weighted by Gasteiger charge is 2.01. The summed E-state index contributed by atoms with van der Waals surface area (Å²) in [6.07, 6.45) is 4.45. The van der Waals surface area contributed by atoms with E-state index in [4.69, 9.17) is 0 Å². The van der Waals surface area contributed by atoms with Crippen LogP contribution in [0.1, 0.15) is 10.6 Å². The fraction of sp³-hybridized carbons (Fsp3) is 0.125. The molecule has 13 heavy (non-hydrogen) atoms. The van der Waals surface area contributed by atoms with E-state index in [1.54, 1.807) is 17.5 Å². The predicted molar refractivity (Wildman–Crippen MR) is 59.7 cm³/mol. The quantitative estimate of drug-likeness (QED) is 0.798. The summed E-state index contributed by atoms with van der Waals surface area (Å²) < 4.78 is 0.983. The maximum Gasteiger partial charge on any atom is 0.178 e. The van der Waals surface area contributed by atoms with Gasteiger partial charge < -0.3 is 0 Å². The van der Waals surface area contributed by atoms with Gasteiger partial charge in [0, 0.05) is 18.8 Å². The standard InChI is InChI=1S/C8H6IN3S/c9-8-12-11-7(13-8)4-6-2-1-3-10-5-6/h1-3,5H,4H2. The number of nitrogens with zero attached hydrogens (tertiary/aromatic N) is 3. The van der Waals surface area contributed by atoms with Crippen LogP contribution < -0.4 is 0 Å². The fourth-order valence-corrected chi connectivity index (χ4v) is 2.45. The molecule has 2 aromatic heterocycles. The molecule has 2 heterocycles. The van der Waals surface area contributed by atoms with Crippen LogP contribution in [0, 0.1) is 3.01 Å². The summed E-state index contributed by atoms with van der Waals surface area (Å²) >= 11 is 3.79. The van der Waals surface area contributed by atoms with Crippen LogP contribution >= 0.6 is 33.9 Å². The number of hydrogen-bond donors (Lipinski definition) is 0. The lowest BCUT2D eigenvalue weighted by atomic mass is 10.2. The monoisotopic (exact) mass is 303 g/mol. The minimum atomic E-state index is 0.828. The van der Waals surface area contributed by atoms with E-state index in [0.29, 0.717) is 0 Å². The largest absolute Gasteiger partial charge is 0.264 e. The Balaban J connectivity index is 2.15. The van der Waals surface area contributed by atoms with E-state index in [9.17, 15) is 0 Å². The van der Waals surface area contributed by atoms with Crippen molar-refractivity contribution in [2.75, 3.05) is 0 Å². The molecular weight excluding hydrogens is 297 g/mol. The molecule has 0 saturated carbocycles. The molecule has 0 N–H and O–H groups in total. The third-order valence-electron chi connectivity index (χ3n) is 1.52. The summed E-state index contributed by atoms with van der Waals surface area (Å²) in [4.78, 5) is 4.04. The zero-order chi connectivity index (χ0) is 9.10. The maximum absolute atomic E-state index is 4.04. The van der Waals surface area contributed by atoms with Crippen molar-refractivity contribution >= 4 is 33.9 Å². The Morgan fingerprint density at radius 3 is 2.92 bits per heavy atom. The van der Waals surface area contributed by atoms with Crippen molar-refractivity contribution in [1.82, 2.24) is 15.2 Å². The second-order valence-electron chi connectivity index (χ2n) is 2.49. The molecule has 2 aromatic rings. The number of pyridine rings is 1. The molecule has 0 amide bonds. The molecule has 0 fully saturated rings. The van der Waals surface area contributed by atoms with Crippen molar-refractivity contribution in [3.8, 4) is 0 Å². The van der Waals surface area contributed by atoms with Crippen molar-refractivity contribution in [3.05, 3.63) is 38.1 Å². The lowest BCUT2D eigenvalue weighted by Crippen LogP contribution is -1.87. The highest BCUT2D eigenvalue weighted by molar-refractivity contribution is 14.1. The molecular formula is C8H6IN3S. The molecule has 2 rings (SSSR count). The molecule has 3 nitrogen and oxygen atoms in total. The lowest BCUT2D eigenvalue weighted by Gasteiger charge is -1.93. The first-order valence-corrected chi connectivity index (χ1v) is 5.61. The first-order valence-electron chi connectivity index (χ1n) is 3.71. The average molecular weight is 303 g/mol. The van der Waals surface area contributed by atoms with Gasteiger partial charge in [0.05, 0.1) is 0 Å². The average Bonchev–Trinajstić information content (AvgIpc) is 2.53. The number of halogens is 1. The molecule has 66 valence electrons.